The molecule has 0 radical (unpaired) electrons. The predicted octanol–water partition coefficient (Wildman–Crippen LogP) is 3.48. The molecule has 0 saturated heterocycles. The maximum Gasteiger partial charge on any atom is 0.270 e. The molecule has 3 aromatic rings. The zero-order chi connectivity index (χ0) is 21.0. The highest BCUT2D eigenvalue weighted by Gasteiger charge is 2.19. The second kappa shape index (κ2) is 8.40. The van der Waals surface area contributed by atoms with Crippen molar-refractivity contribution in [1.82, 2.24) is 15.5 Å². The molecule has 0 unspecified atom stereocenters. The van der Waals surface area contributed by atoms with Crippen molar-refractivity contribution in [3.05, 3.63) is 65.4 Å². The van der Waals surface area contributed by atoms with Crippen molar-refractivity contribution in [2.45, 2.75) is 39.5 Å². The molecule has 0 aliphatic heterocycles. The summed E-state index contributed by atoms with van der Waals surface area (Å²) in [6, 6.07) is 8.98. The predicted molar refractivity (Wildman–Crippen MR) is 104 cm³/mol. The number of benzene rings is 1. The van der Waals surface area contributed by atoms with Crippen molar-refractivity contribution in [3.63, 3.8) is 0 Å². The number of hydrogen-bond donors (Lipinski definition) is 2. The van der Waals surface area contributed by atoms with E-state index in [0.717, 1.165) is 0 Å². The number of aromatic nitrogens is 2. The van der Waals surface area contributed by atoms with Crippen molar-refractivity contribution >= 4 is 5.91 Å². The van der Waals surface area contributed by atoms with E-state index in [-0.39, 0.29) is 41.9 Å². The van der Waals surface area contributed by atoms with E-state index in [2.05, 4.69) is 15.5 Å². The van der Waals surface area contributed by atoms with Gasteiger partial charge in [0.1, 0.15) is 36.2 Å². The molecule has 2 heterocycles. The lowest BCUT2D eigenvalue weighted by molar-refractivity contribution is 0.0914. The molecule has 2 aromatic heterocycles. The maximum absolute atomic E-state index is 13.2. The molecule has 0 aliphatic rings. The third-order valence-electron chi connectivity index (χ3n) is 3.97. The number of nitrogens with one attached hydrogen (secondary N) is 1. The molecule has 0 atom stereocenters. The van der Waals surface area contributed by atoms with Gasteiger partial charge in [0, 0.05) is 11.1 Å². The Balaban J connectivity index is 1.74. The summed E-state index contributed by atoms with van der Waals surface area (Å²) in [6.07, 6.45) is 1.45. The first-order valence-electron chi connectivity index (χ1n) is 9.02. The van der Waals surface area contributed by atoms with E-state index in [9.17, 15) is 14.3 Å². The fourth-order valence-electron chi connectivity index (χ4n) is 2.61. The van der Waals surface area contributed by atoms with Gasteiger partial charge in [0.05, 0.1) is 11.8 Å². The number of carbonyl (C=O) groups excluding carboxylic acids is 1. The molecule has 0 aliphatic carbocycles. The molecule has 1 aromatic carbocycles. The van der Waals surface area contributed by atoms with Gasteiger partial charge in [-0.05, 0) is 57.2 Å². The van der Waals surface area contributed by atoms with Gasteiger partial charge in [0.15, 0.2) is 5.76 Å². The first-order chi connectivity index (χ1) is 13.8. The standard InChI is InChI=1S/C21H22FN3O4/c1-21(2,3)24-20(27)17-9-8-15(10-23-17)28-12-16-18(11-26)29-25-19(16)13-4-6-14(22)7-5-13/h4-10,26H,11-12H2,1-3H3,(H,24,27). The van der Waals surface area contributed by atoms with Crippen molar-refractivity contribution < 1.29 is 23.6 Å². The molecular formula is C21H22FN3O4. The Hall–Kier alpha value is -3.26. The minimum Gasteiger partial charge on any atom is -0.487 e. The minimum atomic E-state index is -0.362. The number of amides is 1. The number of aliphatic hydroxyl groups excluding tert-OH is 1. The average molecular weight is 399 g/mol. The summed E-state index contributed by atoms with van der Waals surface area (Å²) in [5, 5.41) is 16.3. The van der Waals surface area contributed by atoms with Crippen molar-refractivity contribution in [1.29, 1.82) is 0 Å². The topological polar surface area (TPSA) is 97.5 Å². The Morgan fingerprint density at radius 1 is 1.21 bits per heavy atom. The first-order valence-corrected chi connectivity index (χ1v) is 9.02. The summed E-state index contributed by atoms with van der Waals surface area (Å²) in [5.74, 6) is 0.0641. The summed E-state index contributed by atoms with van der Waals surface area (Å²) < 4.78 is 24.1. The number of halogens is 1. The van der Waals surface area contributed by atoms with Crippen LogP contribution in [-0.2, 0) is 13.2 Å². The number of hydrogen-bond acceptors (Lipinski definition) is 6. The van der Waals surface area contributed by atoms with Crippen LogP contribution in [0.4, 0.5) is 4.39 Å². The van der Waals surface area contributed by atoms with Gasteiger partial charge in [-0.3, -0.25) is 4.79 Å². The van der Waals surface area contributed by atoms with E-state index in [1.807, 2.05) is 20.8 Å². The van der Waals surface area contributed by atoms with E-state index in [1.165, 1.54) is 18.3 Å². The van der Waals surface area contributed by atoms with Crippen LogP contribution in [0.15, 0.2) is 47.1 Å². The summed E-state index contributed by atoms with van der Waals surface area (Å²) in [5.41, 5.74) is 1.57. The highest BCUT2D eigenvalue weighted by molar-refractivity contribution is 5.92. The lowest BCUT2D eigenvalue weighted by Crippen LogP contribution is -2.40. The van der Waals surface area contributed by atoms with Gasteiger partial charge in [-0.25, -0.2) is 9.37 Å². The summed E-state index contributed by atoms with van der Waals surface area (Å²) >= 11 is 0. The van der Waals surface area contributed by atoms with Gasteiger partial charge in [-0.2, -0.15) is 0 Å². The van der Waals surface area contributed by atoms with Gasteiger partial charge in [-0.1, -0.05) is 5.16 Å². The highest BCUT2D eigenvalue weighted by Crippen LogP contribution is 2.27. The van der Waals surface area contributed by atoms with Crippen LogP contribution in [0.3, 0.4) is 0 Å². The summed E-state index contributed by atoms with van der Waals surface area (Å²) in [4.78, 5) is 16.3. The number of ether oxygens (including phenoxy) is 1. The van der Waals surface area contributed by atoms with Crippen LogP contribution in [0.1, 0.15) is 42.6 Å². The van der Waals surface area contributed by atoms with Crippen LogP contribution in [0.2, 0.25) is 0 Å². The number of carbonyl (C=O) groups is 1. The quantitative estimate of drug-likeness (QED) is 0.659. The second-order valence-corrected chi connectivity index (χ2v) is 7.47. The lowest BCUT2D eigenvalue weighted by atomic mass is 10.1. The van der Waals surface area contributed by atoms with Crippen LogP contribution in [0, 0.1) is 5.82 Å². The molecule has 0 fully saturated rings. The minimum absolute atomic E-state index is 0.0569. The first kappa shape index (κ1) is 20.5. The van der Waals surface area contributed by atoms with Gasteiger partial charge < -0.3 is 19.7 Å². The largest absolute Gasteiger partial charge is 0.487 e. The molecule has 3 rings (SSSR count). The zero-order valence-electron chi connectivity index (χ0n) is 16.4. The third kappa shape index (κ3) is 5.17. The second-order valence-electron chi connectivity index (χ2n) is 7.47. The Labute approximate surface area is 167 Å². The number of rotatable bonds is 6. The molecule has 0 bridgehead atoms. The summed E-state index contributed by atoms with van der Waals surface area (Å²) in [6.45, 7) is 5.37. The number of aliphatic hydroxyl groups is 1. The monoisotopic (exact) mass is 399 g/mol. The molecule has 0 saturated carbocycles. The normalized spacial score (nSPS) is 11.3. The molecule has 29 heavy (non-hydrogen) atoms. The molecule has 0 spiro atoms. The summed E-state index contributed by atoms with van der Waals surface area (Å²) in [7, 11) is 0. The molecule has 1 amide bonds. The van der Waals surface area contributed by atoms with E-state index >= 15 is 0 Å². The van der Waals surface area contributed by atoms with Gasteiger partial charge in [-0.15, -0.1) is 0 Å². The Morgan fingerprint density at radius 3 is 2.52 bits per heavy atom. The van der Waals surface area contributed by atoms with E-state index < -0.39 is 0 Å². The highest BCUT2D eigenvalue weighted by atomic mass is 19.1. The van der Waals surface area contributed by atoms with Gasteiger partial charge >= 0.3 is 0 Å². The van der Waals surface area contributed by atoms with Crippen LogP contribution < -0.4 is 10.1 Å². The third-order valence-corrected chi connectivity index (χ3v) is 3.97. The van der Waals surface area contributed by atoms with E-state index in [4.69, 9.17) is 9.26 Å². The smallest absolute Gasteiger partial charge is 0.270 e. The van der Waals surface area contributed by atoms with Crippen LogP contribution in [0.25, 0.3) is 11.3 Å². The Bertz CT molecular complexity index is 977. The van der Waals surface area contributed by atoms with Crippen molar-refractivity contribution in [3.8, 4) is 17.0 Å². The molecular weight excluding hydrogens is 377 g/mol. The molecule has 152 valence electrons. The van der Waals surface area contributed by atoms with E-state index in [0.29, 0.717) is 22.6 Å². The lowest BCUT2D eigenvalue weighted by Gasteiger charge is -2.20. The van der Waals surface area contributed by atoms with Gasteiger partial charge in [0.2, 0.25) is 0 Å². The average Bonchev–Trinajstić information content (AvgIpc) is 3.09. The Morgan fingerprint density at radius 2 is 1.93 bits per heavy atom. The van der Waals surface area contributed by atoms with E-state index in [1.54, 1.807) is 24.3 Å². The fraction of sp³-hybridized carbons (Fsp3) is 0.286. The SMILES string of the molecule is CC(C)(C)NC(=O)c1ccc(OCc2c(-c3ccc(F)cc3)noc2CO)cn1. The molecule has 8 heteroatoms. The maximum atomic E-state index is 13.2. The fourth-order valence-corrected chi connectivity index (χ4v) is 2.61. The van der Waals surface area contributed by atoms with Crippen LogP contribution >= 0.6 is 0 Å². The number of nitrogens with zero attached hydrogens (tertiary/aromatic N) is 2. The van der Waals surface area contributed by atoms with Crippen molar-refractivity contribution in [2.75, 3.05) is 0 Å². The Kier molecular flexibility index (Phi) is 5.93. The number of pyridine rings is 1. The van der Waals surface area contributed by atoms with Gasteiger partial charge in [0.25, 0.3) is 5.91 Å². The molecule has 2 N–H and O–H groups in total. The van der Waals surface area contributed by atoms with Crippen LogP contribution in [0.5, 0.6) is 5.75 Å². The molecule has 7 nitrogen and oxygen atoms in total. The van der Waals surface area contributed by atoms with Crippen molar-refractivity contribution in [2.24, 2.45) is 0 Å². The zero-order valence-corrected chi connectivity index (χ0v) is 16.4. The van der Waals surface area contributed by atoms with Crippen LogP contribution in [-0.4, -0.2) is 26.7 Å².